The maximum atomic E-state index is 14.0. The molecule has 2 amide bonds. The summed E-state index contributed by atoms with van der Waals surface area (Å²) in [4.78, 5) is 45.7. The number of fused-ring (bicyclic) bond motifs is 2. The molecule has 0 radical (unpaired) electrons. The zero-order valence-corrected chi connectivity index (χ0v) is 21.9. The number of para-hydroxylation sites is 1. The van der Waals surface area contributed by atoms with Gasteiger partial charge in [-0.15, -0.1) is 0 Å². The average Bonchev–Trinajstić information content (AvgIpc) is 3.38. The second-order valence-corrected chi connectivity index (χ2v) is 10.5. The Labute approximate surface area is 223 Å². The van der Waals surface area contributed by atoms with Gasteiger partial charge in [-0.1, -0.05) is 75.8 Å². The molecule has 2 aliphatic rings. The Kier molecular flexibility index (Phi) is 5.73. The molecule has 0 saturated heterocycles. The van der Waals surface area contributed by atoms with E-state index >= 15 is 0 Å². The number of amides is 2. The fourth-order valence-corrected chi connectivity index (χ4v) is 6.20. The molecule has 0 saturated carbocycles. The predicted molar refractivity (Wildman–Crippen MR) is 147 cm³/mol. The maximum Gasteiger partial charge on any atom is 0.271 e. The summed E-state index contributed by atoms with van der Waals surface area (Å²) in [5, 5.41) is 5.78. The van der Waals surface area contributed by atoms with Gasteiger partial charge in [0.15, 0.2) is 4.80 Å². The van der Waals surface area contributed by atoms with Gasteiger partial charge in [-0.25, -0.2) is 4.99 Å². The van der Waals surface area contributed by atoms with Crippen molar-refractivity contribution < 1.29 is 9.59 Å². The number of rotatable bonds is 3. The predicted octanol–water partition coefficient (Wildman–Crippen LogP) is 3.96. The largest absolute Gasteiger partial charge is 0.322 e. The van der Waals surface area contributed by atoms with E-state index in [-0.39, 0.29) is 21.9 Å². The number of benzene rings is 3. The Morgan fingerprint density at radius 2 is 1.73 bits per heavy atom. The maximum absolute atomic E-state index is 14.0. The van der Waals surface area contributed by atoms with Gasteiger partial charge in [-0.3, -0.25) is 19.0 Å². The van der Waals surface area contributed by atoms with Crippen molar-refractivity contribution in [3.05, 3.63) is 125 Å². The fourth-order valence-electron chi connectivity index (χ4n) is 4.70. The third-order valence-electron chi connectivity index (χ3n) is 6.34. The molecule has 0 unspecified atom stereocenters. The van der Waals surface area contributed by atoms with Crippen LogP contribution in [0.4, 0.5) is 11.4 Å². The third-order valence-corrected chi connectivity index (χ3v) is 7.89. The minimum absolute atomic E-state index is 0.284. The van der Waals surface area contributed by atoms with Crippen molar-refractivity contribution in [3.63, 3.8) is 0 Å². The zero-order valence-electron chi connectivity index (χ0n) is 19.5. The van der Waals surface area contributed by atoms with Gasteiger partial charge in [0.05, 0.1) is 22.9 Å². The van der Waals surface area contributed by atoms with Crippen molar-refractivity contribution in [1.82, 2.24) is 4.57 Å². The molecule has 0 bridgehead atoms. The number of nitrogens with zero attached hydrogens (tertiary/aromatic N) is 2. The number of hydrogen-bond acceptors (Lipinski definition) is 5. The second-order valence-electron chi connectivity index (χ2n) is 8.65. The SMILES string of the molecule is CC1=C(C(=O)Nc2ccccc2)[C@H](c2ccccc2)n2c(s/c(=C3\C(=O)Nc4ccc(Br)cc43)c2=O)=N1. The highest BCUT2D eigenvalue weighted by molar-refractivity contribution is 9.10. The molecule has 2 aliphatic heterocycles. The van der Waals surface area contributed by atoms with E-state index in [9.17, 15) is 14.4 Å². The molecule has 0 aliphatic carbocycles. The van der Waals surface area contributed by atoms with Crippen molar-refractivity contribution in [2.24, 2.45) is 4.99 Å². The van der Waals surface area contributed by atoms with E-state index in [1.807, 2.05) is 60.7 Å². The summed E-state index contributed by atoms with van der Waals surface area (Å²) >= 11 is 4.61. The molecule has 9 heteroatoms. The van der Waals surface area contributed by atoms with Crippen LogP contribution in [0.3, 0.4) is 0 Å². The van der Waals surface area contributed by atoms with Crippen LogP contribution in [0.1, 0.15) is 24.1 Å². The molecule has 3 heterocycles. The minimum Gasteiger partial charge on any atom is -0.322 e. The smallest absolute Gasteiger partial charge is 0.271 e. The number of nitrogens with one attached hydrogen (secondary N) is 2. The normalized spacial score (nSPS) is 17.6. The van der Waals surface area contributed by atoms with E-state index in [1.54, 1.807) is 25.1 Å². The molecule has 0 fully saturated rings. The number of anilines is 2. The van der Waals surface area contributed by atoms with Gasteiger partial charge in [0.1, 0.15) is 4.53 Å². The van der Waals surface area contributed by atoms with E-state index in [1.165, 1.54) is 4.57 Å². The van der Waals surface area contributed by atoms with E-state index in [2.05, 4.69) is 31.6 Å². The number of hydrogen-bond donors (Lipinski definition) is 2. The third kappa shape index (κ3) is 3.96. The van der Waals surface area contributed by atoms with Gasteiger partial charge in [-0.2, -0.15) is 0 Å². The van der Waals surface area contributed by atoms with Gasteiger partial charge in [-0.05, 0) is 42.8 Å². The number of carbonyl (C=O) groups is 2. The standard InChI is InChI=1S/C28H19BrN4O3S/c1-15-21(25(34)31-18-10-6-3-7-11-18)23(16-8-4-2-5-9-16)33-27(36)24(37-28(33)30-15)22-19-14-17(29)12-13-20(19)32-26(22)35/h2-14,23H,1H3,(H,31,34)(H,32,35)/b24-22-/t23-/m0/s1. The highest BCUT2D eigenvalue weighted by Crippen LogP contribution is 2.33. The fraction of sp³-hybridized carbons (Fsp3) is 0.0714. The monoisotopic (exact) mass is 570 g/mol. The van der Waals surface area contributed by atoms with Gasteiger partial charge in [0.2, 0.25) is 0 Å². The molecular weight excluding hydrogens is 552 g/mol. The Hall–Kier alpha value is -4.08. The van der Waals surface area contributed by atoms with Crippen LogP contribution in [0.25, 0.3) is 5.57 Å². The molecule has 2 N–H and O–H groups in total. The first-order valence-electron chi connectivity index (χ1n) is 11.5. The Morgan fingerprint density at radius 1 is 1.03 bits per heavy atom. The Balaban J connectivity index is 1.58. The number of allylic oxidation sites excluding steroid dienone is 1. The molecule has 3 aromatic carbocycles. The molecule has 0 spiro atoms. The van der Waals surface area contributed by atoms with Crippen LogP contribution >= 0.6 is 27.3 Å². The van der Waals surface area contributed by atoms with Gasteiger partial charge in [0, 0.05) is 21.4 Å². The highest BCUT2D eigenvalue weighted by atomic mass is 79.9. The van der Waals surface area contributed by atoms with Crippen molar-refractivity contribution in [2.75, 3.05) is 10.6 Å². The first kappa shape index (κ1) is 23.3. The summed E-state index contributed by atoms with van der Waals surface area (Å²) in [7, 11) is 0. The van der Waals surface area contributed by atoms with Crippen LogP contribution in [0.15, 0.2) is 104 Å². The van der Waals surface area contributed by atoms with E-state index in [0.717, 1.165) is 21.4 Å². The van der Waals surface area contributed by atoms with Crippen LogP contribution < -0.4 is 25.5 Å². The number of thiazole rings is 1. The average molecular weight is 571 g/mol. The molecular formula is C28H19BrN4O3S. The molecule has 7 nitrogen and oxygen atoms in total. The summed E-state index contributed by atoms with van der Waals surface area (Å²) in [5.74, 6) is -0.681. The topological polar surface area (TPSA) is 92.6 Å². The van der Waals surface area contributed by atoms with Crippen molar-refractivity contribution >= 4 is 56.0 Å². The first-order valence-corrected chi connectivity index (χ1v) is 13.1. The highest BCUT2D eigenvalue weighted by Gasteiger charge is 2.34. The lowest BCUT2D eigenvalue weighted by Gasteiger charge is -2.25. The lowest BCUT2D eigenvalue weighted by Crippen LogP contribution is -2.41. The van der Waals surface area contributed by atoms with Gasteiger partial charge < -0.3 is 10.6 Å². The van der Waals surface area contributed by atoms with Crippen LogP contribution in [-0.2, 0) is 9.59 Å². The van der Waals surface area contributed by atoms with Crippen LogP contribution in [-0.4, -0.2) is 16.4 Å². The van der Waals surface area contributed by atoms with Gasteiger partial charge >= 0.3 is 0 Å². The van der Waals surface area contributed by atoms with Crippen LogP contribution in [0.5, 0.6) is 0 Å². The van der Waals surface area contributed by atoms with Crippen LogP contribution in [0.2, 0.25) is 0 Å². The summed E-state index contributed by atoms with van der Waals surface area (Å²) in [6.45, 7) is 1.77. The van der Waals surface area contributed by atoms with E-state index in [4.69, 9.17) is 0 Å². The Morgan fingerprint density at radius 3 is 2.46 bits per heavy atom. The minimum atomic E-state index is -0.707. The summed E-state index contributed by atoms with van der Waals surface area (Å²) in [6.07, 6.45) is 0. The Bertz CT molecular complexity index is 1810. The first-order chi connectivity index (χ1) is 17.9. The number of carbonyl (C=O) groups excluding carboxylic acids is 2. The van der Waals surface area contributed by atoms with Crippen molar-refractivity contribution in [2.45, 2.75) is 13.0 Å². The van der Waals surface area contributed by atoms with E-state index < -0.39 is 6.04 Å². The molecule has 1 atom stereocenters. The molecule has 37 heavy (non-hydrogen) atoms. The van der Waals surface area contributed by atoms with Crippen molar-refractivity contribution in [1.29, 1.82) is 0 Å². The van der Waals surface area contributed by atoms with Crippen molar-refractivity contribution in [3.8, 4) is 0 Å². The summed E-state index contributed by atoms with van der Waals surface area (Å²) in [6, 6.07) is 23.3. The second kappa shape index (κ2) is 9.10. The van der Waals surface area contributed by atoms with E-state index in [0.29, 0.717) is 38.6 Å². The lowest BCUT2D eigenvalue weighted by molar-refractivity contribution is -0.113. The zero-order chi connectivity index (χ0) is 25.7. The lowest BCUT2D eigenvalue weighted by atomic mass is 9.95. The molecule has 6 rings (SSSR count). The van der Waals surface area contributed by atoms with Crippen LogP contribution in [0, 0.1) is 0 Å². The number of aromatic nitrogens is 1. The number of halogens is 1. The summed E-state index contributed by atoms with van der Waals surface area (Å²) in [5.41, 5.74) is 3.54. The summed E-state index contributed by atoms with van der Waals surface area (Å²) < 4.78 is 2.61. The molecule has 4 aromatic rings. The van der Waals surface area contributed by atoms with Gasteiger partial charge in [0.25, 0.3) is 17.4 Å². The molecule has 1 aromatic heterocycles. The quantitative estimate of drug-likeness (QED) is 0.390. The molecule has 182 valence electrons.